The highest BCUT2D eigenvalue weighted by atomic mass is 16.5. The lowest BCUT2D eigenvalue weighted by Gasteiger charge is -2.18. The van der Waals surface area contributed by atoms with Gasteiger partial charge in [0.25, 0.3) is 0 Å². The summed E-state index contributed by atoms with van der Waals surface area (Å²) in [5.74, 6) is 1.44. The van der Waals surface area contributed by atoms with Crippen LogP contribution in [0.5, 0.6) is 0 Å². The molecule has 0 bridgehead atoms. The summed E-state index contributed by atoms with van der Waals surface area (Å²) in [7, 11) is 1.58. The van der Waals surface area contributed by atoms with Crippen molar-refractivity contribution in [3.63, 3.8) is 0 Å². The molecule has 2 rings (SSSR count). The standard InChI is InChI=1S/C16H24N4O3/c1-11-6-7-14(23-11)13(10-22-5)19-15(21)18-12-8-17-20(9-12)16(2,3)4/h6-9,13H,10H2,1-5H3,(H2,18,19,21). The highest BCUT2D eigenvalue weighted by Crippen LogP contribution is 2.18. The summed E-state index contributed by atoms with van der Waals surface area (Å²) in [6.07, 6.45) is 3.41. The monoisotopic (exact) mass is 320 g/mol. The Morgan fingerprint density at radius 2 is 2.17 bits per heavy atom. The minimum atomic E-state index is -0.355. The number of carbonyl (C=O) groups excluding carboxylic acids is 1. The lowest BCUT2D eigenvalue weighted by atomic mass is 10.1. The summed E-state index contributed by atoms with van der Waals surface area (Å²) in [6, 6.07) is 2.99. The second-order valence-electron chi connectivity index (χ2n) is 6.40. The normalized spacial score (nSPS) is 12.9. The first-order valence-corrected chi connectivity index (χ1v) is 7.47. The van der Waals surface area contributed by atoms with Gasteiger partial charge in [-0.15, -0.1) is 0 Å². The molecule has 126 valence electrons. The molecule has 0 radical (unpaired) electrons. The number of nitrogens with one attached hydrogen (secondary N) is 2. The average Bonchev–Trinajstić information content (AvgIpc) is 3.06. The van der Waals surface area contributed by atoms with Gasteiger partial charge in [-0.3, -0.25) is 4.68 Å². The third-order valence-corrected chi connectivity index (χ3v) is 3.27. The van der Waals surface area contributed by atoms with Crippen LogP contribution in [-0.2, 0) is 10.3 Å². The van der Waals surface area contributed by atoms with Gasteiger partial charge in [-0.05, 0) is 39.8 Å². The Labute approximate surface area is 136 Å². The number of ether oxygens (including phenoxy) is 1. The molecule has 7 nitrogen and oxygen atoms in total. The zero-order valence-electron chi connectivity index (χ0n) is 14.2. The third-order valence-electron chi connectivity index (χ3n) is 3.27. The first kappa shape index (κ1) is 17.1. The topological polar surface area (TPSA) is 81.3 Å². The minimum absolute atomic E-state index is 0.138. The largest absolute Gasteiger partial charge is 0.464 e. The summed E-state index contributed by atoms with van der Waals surface area (Å²) in [5.41, 5.74) is 0.491. The molecule has 2 aromatic heterocycles. The summed E-state index contributed by atoms with van der Waals surface area (Å²) in [6.45, 7) is 8.29. The lowest BCUT2D eigenvalue weighted by Crippen LogP contribution is -2.34. The van der Waals surface area contributed by atoms with Crippen molar-refractivity contribution in [2.75, 3.05) is 19.0 Å². The van der Waals surface area contributed by atoms with E-state index < -0.39 is 0 Å². The number of rotatable bonds is 5. The van der Waals surface area contributed by atoms with Crippen molar-refractivity contribution in [2.45, 2.75) is 39.3 Å². The van der Waals surface area contributed by atoms with E-state index in [-0.39, 0.29) is 17.6 Å². The predicted molar refractivity (Wildman–Crippen MR) is 87.4 cm³/mol. The van der Waals surface area contributed by atoms with Gasteiger partial charge < -0.3 is 19.8 Å². The van der Waals surface area contributed by atoms with Crippen LogP contribution in [0.2, 0.25) is 0 Å². The fraction of sp³-hybridized carbons (Fsp3) is 0.500. The molecule has 2 amide bonds. The molecular formula is C16H24N4O3. The molecule has 2 heterocycles. The zero-order valence-corrected chi connectivity index (χ0v) is 14.2. The number of hydrogen-bond donors (Lipinski definition) is 2. The molecule has 0 spiro atoms. The molecule has 0 aromatic carbocycles. The van der Waals surface area contributed by atoms with Crippen LogP contribution in [0, 0.1) is 6.92 Å². The predicted octanol–water partition coefficient (Wildman–Crippen LogP) is 3.05. The number of anilines is 1. The number of carbonyl (C=O) groups is 1. The van der Waals surface area contributed by atoms with Gasteiger partial charge in [0.1, 0.15) is 17.6 Å². The zero-order chi connectivity index (χ0) is 17.0. The van der Waals surface area contributed by atoms with E-state index in [1.165, 1.54) is 0 Å². The van der Waals surface area contributed by atoms with Gasteiger partial charge in [-0.25, -0.2) is 4.79 Å². The molecule has 1 unspecified atom stereocenters. The van der Waals surface area contributed by atoms with E-state index in [9.17, 15) is 4.79 Å². The summed E-state index contributed by atoms with van der Waals surface area (Å²) in [5, 5.41) is 9.86. The van der Waals surface area contributed by atoms with Crippen LogP contribution in [0.25, 0.3) is 0 Å². The fourth-order valence-corrected chi connectivity index (χ4v) is 2.08. The van der Waals surface area contributed by atoms with Crippen molar-refractivity contribution in [1.82, 2.24) is 15.1 Å². The van der Waals surface area contributed by atoms with Gasteiger partial charge in [-0.1, -0.05) is 0 Å². The van der Waals surface area contributed by atoms with Crippen LogP contribution in [0.4, 0.5) is 10.5 Å². The molecule has 0 saturated carbocycles. The van der Waals surface area contributed by atoms with E-state index in [2.05, 4.69) is 15.7 Å². The quantitative estimate of drug-likeness (QED) is 0.887. The molecule has 0 aliphatic rings. The van der Waals surface area contributed by atoms with E-state index in [1.54, 1.807) is 24.2 Å². The summed E-state index contributed by atoms with van der Waals surface area (Å²) >= 11 is 0. The maximum absolute atomic E-state index is 12.2. The lowest BCUT2D eigenvalue weighted by molar-refractivity contribution is 0.158. The number of urea groups is 1. The molecule has 0 aliphatic carbocycles. The molecule has 0 aliphatic heterocycles. The minimum Gasteiger partial charge on any atom is -0.464 e. The molecule has 2 N–H and O–H groups in total. The summed E-state index contributed by atoms with van der Waals surface area (Å²) in [4.78, 5) is 12.2. The molecule has 1 atom stereocenters. The molecule has 7 heteroatoms. The van der Waals surface area contributed by atoms with E-state index in [0.717, 1.165) is 5.76 Å². The van der Waals surface area contributed by atoms with Crippen LogP contribution in [0.15, 0.2) is 28.9 Å². The van der Waals surface area contributed by atoms with Crippen LogP contribution in [-0.4, -0.2) is 29.5 Å². The van der Waals surface area contributed by atoms with Gasteiger partial charge in [0.15, 0.2) is 0 Å². The molecule has 2 aromatic rings. The molecule has 0 fully saturated rings. The van der Waals surface area contributed by atoms with Crippen LogP contribution in [0.3, 0.4) is 0 Å². The van der Waals surface area contributed by atoms with Crippen molar-refractivity contribution < 1.29 is 13.9 Å². The van der Waals surface area contributed by atoms with Gasteiger partial charge in [0.2, 0.25) is 0 Å². The Morgan fingerprint density at radius 3 is 2.70 bits per heavy atom. The van der Waals surface area contributed by atoms with E-state index >= 15 is 0 Å². The second-order valence-corrected chi connectivity index (χ2v) is 6.40. The maximum Gasteiger partial charge on any atom is 0.320 e. The van der Waals surface area contributed by atoms with Crippen molar-refractivity contribution in [3.05, 3.63) is 36.0 Å². The average molecular weight is 320 g/mol. The van der Waals surface area contributed by atoms with Crippen molar-refractivity contribution in [2.24, 2.45) is 0 Å². The van der Waals surface area contributed by atoms with E-state index in [4.69, 9.17) is 9.15 Å². The Morgan fingerprint density at radius 1 is 1.43 bits per heavy atom. The van der Waals surface area contributed by atoms with Gasteiger partial charge >= 0.3 is 6.03 Å². The maximum atomic E-state index is 12.2. The number of amides is 2. The number of aromatic nitrogens is 2. The molecular weight excluding hydrogens is 296 g/mol. The highest BCUT2D eigenvalue weighted by Gasteiger charge is 2.19. The summed E-state index contributed by atoms with van der Waals surface area (Å²) < 4.78 is 12.5. The molecule has 0 saturated heterocycles. The van der Waals surface area contributed by atoms with Gasteiger partial charge in [0, 0.05) is 13.3 Å². The number of nitrogens with zero attached hydrogens (tertiary/aromatic N) is 2. The van der Waals surface area contributed by atoms with Crippen LogP contribution < -0.4 is 10.6 Å². The van der Waals surface area contributed by atoms with Crippen molar-refractivity contribution >= 4 is 11.7 Å². The first-order chi connectivity index (χ1) is 10.8. The van der Waals surface area contributed by atoms with E-state index in [0.29, 0.717) is 18.1 Å². The Hall–Kier alpha value is -2.28. The number of aryl methyl sites for hydroxylation is 1. The molecule has 23 heavy (non-hydrogen) atoms. The Kier molecular flexibility index (Phi) is 5.10. The highest BCUT2D eigenvalue weighted by molar-refractivity contribution is 5.89. The van der Waals surface area contributed by atoms with Crippen LogP contribution >= 0.6 is 0 Å². The smallest absolute Gasteiger partial charge is 0.320 e. The van der Waals surface area contributed by atoms with Crippen molar-refractivity contribution in [1.29, 1.82) is 0 Å². The van der Waals surface area contributed by atoms with Gasteiger partial charge in [0.05, 0.1) is 24.0 Å². The number of hydrogen-bond acceptors (Lipinski definition) is 4. The number of methoxy groups -OCH3 is 1. The SMILES string of the molecule is COCC(NC(=O)Nc1cnn(C(C)(C)C)c1)c1ccc(C)o1. The second kappa shape index (κ2) is 6.87. The Balaban J connectivity index is 2.00. The van der Waals surface area contributed by atoms with Crippen molar-refractivity contribution in [3.8, 4) is 0 Å². The first-order valence-electron chi connectivity index (χ1n) is 7.47. The Bertz CT molecular complexity index is 654. The van der Waals surface area contributed by atoms with E-state index in [1.807, 2.05) is 39.8 Å². The third kappa shape index (κ3) is 4.59. The fourth-order valence-electron chi connectivity index (χ4n) is 2.08. The van der Waals surface area contributed by atoms with Gasteiger partial charge in [-0.2, -0.15) is 5.10 Å². The number of furan rings is 1. The van der Waals surface area contributed by atoms with Crippen LogP contribution in [0.1, 0.15) is 38.3 Å².